The van der Waals surface area contributed by atoms with E-state index in [1.807, 2.05) is 0 Å². The van der Waals surface area contributed by atoms with Gasteiger partial charge in [0.05, 0.1) is 19.2 Å². The standard InChI is InChI=1S/C18H13F2NO4/c1-24-15-7-4-11(8-13(15)20)17-14(9-16(22)23)21-18(25-17)10-2-5-12(19)6-3-10/h2-8H,9H2,1H3,(H,22,23). The van der Waals surface area contributed by atoms with E-state index in [-0.39, 0.29) is 23.1 Å². The zero-order valence-electron chi connectivity index (χ0n) is 13.1. The maximum Gasteiger partial charge on any atom is 0.309 e. The Bertz CT molecular complexity index is 919. The van der Waals surface area contributed by atoms with Crippen molar-refractivity contribution < 1.29 is 27.8 Å². The first kappa shape index (κ1) is 16.6. The van der Waals surface area contributed by atoms with Gasteiger partial charge >= 0.3 is 5.97 Å². The van der Waals surface area contributed by atoms with Crippen molar-refractivity contribution in [2.75, 3.05) is 7.11 Å². The van der Waals surface area contributed by atoms with Crippen LogP contribution in [-0.2, 0) is 11.2 Å². The van der Waals surface area contributed by atoms with Crippen LogP contribution in [0.5, 0.6) is 5.75 Å². The Hall–Kier alpha value is -3.22. The molecule has 0 aliphatic heterocycles. The zero-order chi connectivity index (χ0) is 18.0. The molecule has 25 heavy (non-hydrogen) atoms. The lowest BCUT2D eigenvalue weighted by Gasteiger charge is -2.04. The number of hydrogen-bond acceptors (Lipinski definition) is 4. The first-order valence-electron chi connectivity index (χ1n) is 7.29. The van der Waals surface area contributed by atoms with E-state index in [0.717, 1.165) is 0 Å². The maximum atomic E-state index is 14.0. The smallest absolute Gasteiger partial charge is 0.309 e. The highest BCUT2D eigenvalue weighted by molar-refractivity contribution is 5.74. The number of carboxylic acid groups (broad SMARTS) is 1. The molecule has 0 saturated carbocycles. The molecule has 0 saturated heterocycles. The summed E-state index contributed by atoms with van der Waals surface area (Å²) in [6, 6.07) is 9.54. The number of methoxy groups -OCH3 is 1. The van der Waals surface area contributed by atoms with Crippen LogP contribution in [0.4, 0.5) is 8.78 Å². The van der Waals surface area contributed by atoms with Gasteiger partial charge in [-0.05, 0) is 42.5 Å². The number of carbonyl (C=O) groups is 1. The predicted molar refractivity (Wildman–Crippen MR) is 85.2 cm³/mol. The summed E-state index contributed by atoms with van der Waals surface area (Å²) in [5.41, 5.74) is 0.958. The van der Waals surface area contributed by atoms with Gasteiger partial charge < -0.3 is 14.3 Å². The molecule has 0 bridgehead atoms. The van der Waals surface area contributed by atoms with E-state index in [2.05, 4.69) is 4.98 Å². The van der Waals surface area contributed by atoms with Gasteiger partial charge in [-0.3, -0.25) is 4.79 Å². The Balaban J connectivity index is 2.09. The van der Waals surface area contributed by atoms with E-state index < -0.39 is 24.0 Å². The third-order valence-electron chi connectivity index (χ3n) is 3.52. The lowest BCUT2D eigenvalue weighted by Crippen LogP contribution is -2.02. The van der Waals surface area contributed by atoms with Crippen molar-refractivity contribution >= 4 is 5.97 Å². The van der Waals surface area contributed by atoms with Crippen molar-refractivity contribution in [1.82, 2.24) is 4.98 Å². The van der Waals surface area contributed by atoms with Gasteiger partial charge in [0.2, 0.25) is 5.89 Å². The number of aromatic nitrogens is 1. The Morgan fingerprint density at radius 3 is 2.44 bits per heavy atom. The summed E-state index contributed by atoms with van der Waals surface area (Å²) in [5.74, 6) is -1.80. The topological polar surface area (TPSA) is 72.6 Å². The fourth-order valence-corrected chi connectivity index (χ4v) is 2.36. The van der Waals surface area contributed by atoms with Crippen molar-refractivity contribution in [3.05, 3.63) is 59.8 Å². The highest BCUT2D eigenvalue weighted by Crippen LogP contribution is 2.32. The Morgan fingerprint density at radius 1 is 1.16 bits per heavy atom. The number of aliphatic carboxylic acids is 1. The average Bonchev–Trinajstić information content (AvgIpc) is 2.98. The lowest BCUT2D eigenvalue weighted by atomic mass is 10.1. The number of ether oxygens (including phenoxy) is 1. The van der Waals surface area contributed by atoms with Gasteiger partial charge in [-0.15, -0.1) is 0 Å². The summed E-state index contributed by atoms with van der Waals surface area (Å²) >= 11 is 0. The van der Waals surface area contributed by atoms with Crippen molar-refractivity contribution in [3.8, 4) is 28.5 Å². The van der Waals surface area contributed by atoms with Gasteiger partial charge in [0.1, 0.15) is 5.82 Å². The van der Waals surface area contributed by atoms with E-state index in [0.29, 0.717) is 11.1 Å². The molecule has 0 aliphatic carbocycles. The van der Waals surface area contributed by atoms with Crippen molar-refractivity contribution in [2.45, 2.75) is 6.42 Å². The predicted octanol–water partition coefficient (Wildman–Crippen LogP) is 3.92. The molecule has 0 atom stereocenters. The monoisotopic (exact) mass is 345 g/mol. The minimum absolute atomic E-state index is 0.0572. The fraction of sp³-hybridized carbons (Fsp3) is 0.111. The van der Waals surface area contributed by atoms with Crippen molar-refractivity contribution in [2.24, 2.45) is 0 Å². The van der Waals surface area contributed by atoms with Crippen LogP contribution in [0.25, 0.3) is 22.8 Å². The number of rotatable bonds is 5. The van der Waals surface area contributed by atoms with Crippen LogP contribution in [0.15, 0.2) is 46.9 Å². The molecular weight excluding hydrogens is 332 g/mol. The van der Waals surface area contributed by atoms with Crippen LogP contribution in [0, 0.1) is 11.6 Å². The Labute approximate surface area is 141 Å². The summed E-state index contributed by atoms with van der Waals surface area (Å²) in [6.45, 7) is 0. The Kier molecular flexibility index (Phi) is 4.47. The molecule has 7 heteroatoms. The summed E-state index contributed by atoms with van der Waals surface area (Å²) in [5, 5.41) is 9.07. The normalized spacial score (nSPS) is 10.7. The van der Waals surface area contributed by atoms with Crippen LogP contribution < -0.4 is 4.74 Å². The molecule has 0 unspecified atom stereocenters. The first-order chi connectivity index (χ1) is 12.0. The molecule has 0 spiro atoms. The molecular formula is C18H13F2NO4. The molecule has 0 radical (unpaired) electrons. The van der Waals surface area contributed by atoms with E-state index in [9.17, 15) is 13.6 Å². The molecule has 0 fully saturated rings. The molecule has 1 heterocycles. The minimum Gasteiger partial charge on any atom is -0.494 e. The van der Waals surface area contributed by atoms with Gasteiger partial charge in [-0.25, -0.2) is 13.8 Å². The maximum absolute atomic E-state index is 14.0. The molecule has 0 aliphatic rings. The van der Waals surface area contributed by atoms with Gasteiger partial charge in [0, 0.05) is 11.1 Å². The van der Waals surface area contributed by atoms with Gasteiger partial charge in [-0.2, -0.15) is 0 Å². The number of carboxylic acids is 1. The highest BCUT2D eigenvalue weighted by Gasteiger charge is 2.20. The van der Waals surface area contributed by atoms with Gasteiger partial charge in [0.15, 0.2) is 17.3 Å². The summed E-state index contributed by atoms with van der Waals surface area (Å²) in [7, 11) is 1.34. The molecule has 2 aromatic carbocycles. The first-order valence-corrected chi connectivity index (χ1v) is 7.29. The molecule has 128 valence electrons. The van der Waals surface area contributed by atoms with Gasteiger partial charge in [0.25, 0.3) is 0 Å². The lowest BCUT2D eigenvalue weighted by molar-refractivity contribution is -0.136. The van der Waals surface area contributed by atoms with Crippen LogP contribution in [-0.4, -0.2) is 23.2 Å². The number of benzene rings is 2. The van der Waals surface area contributed by atoms with Crippen molar-refractivity contribution in [3.63, 3.8) is 0 Å². The molecule has 3 aromatic rings. The molecule has 0 amide bonds. The van der Waals surface area contributed by atoms with E-state index >= 15 is 0 Å². The second-order valence-corrected chi connectivity index (χ2v) is 5.22. The largest absolute Gasteiger partial charge is 0.494 e. The number of halogens is 2. The molecule has 1 N–H and O–H groups in total. The number of oxazole rings is 1. The zero-order valence-corrected chi connectivity index (χ0v) is 13.1. The molecule has 1 aromatic heterocycles. The molecule has 5 nitrogen and oxygen atoms in total. The van der Waals surface area contributed by atoms with E-state index in [4.69, 9.17) is 14.3 Å². The van der Waals surface area contributed by atoms with Crippen LogP contribution in [0.1, 0.15) is 5.69 Å². The quantitative estimate of drug-likeness (QED) is 0.759. The summed E-state index contributed by atoms with van der Waals surface area (Å²) in [4.78, 5) is 15.3. The Morgan fingerprint density at radius 2 is 1.84 bits per heavy atom. The summed E-state index contributed by atoms with van der Waals surface area (Å²) < 4.78 is 37.5. The second-order valence-electron chi connectivity index (χ2n) is 5.22. The van der Waals surface area contributed by atoms with Crippen molar-refractivity contribution in [1.29, 1.82) is 0 Å². The SMILES string of the molecule is COc1ccc(-c2oc(-c3ccc(F)cc3)nc2CC(=O)O)cc1F. The third-order valence-corrected chi connectivity index (χ3v) is 3.52. The molecule has 3 rings (SSSR count). The number of nitrogens with zero attached hydrogens (tertiary/aromatic N) is 1. The third kappa shape index (κ3) is 3.50. The second kappa shape index (κ2) is 6.72. The van der Waals surface area contributed by atoms with Crippen LogP contribution in [0.2, 0.25) is 0 Å². The van der Waals surface area contributed by atoms with E-state index in [1.54, 1.807) is 6.07 Å². The minimum atomic E-state index is -1.10. The highest BCUT2D eigenvalue weighted by atomic mass is 19.1. The average molecular weight is 345 g/mol. The van der Waals surface area contributed by atoms with E-state index in [1.165, 1.54) is 43.5 Å². The fourth-order valence-electron chi connectivity index (χ4n) is 2.36. The van der Waals surface area contributed by atoms with Gasteiger partial charge in [-0.1, -0.05) is 0 Å². The summed E-state index contributed by atoms with van der Waals surface area (Å²) in [6.07, 6.45) is -0.395. The van der Waals surface area contributed by atoms with Crippen LogP contribution >= 0.6 is 0 Å². The van der Waals surface area contributed by atoms with Crippen LogP contribution in [0.3, 0.4) is 0 Å². The number of hydrogen-bond donors (Lipinski definition) is 1.